The molecule has 2 aromatic rings. The van der Waals surface area contributed by atoms with Gasteiger partial charge in [0.15, 0.2) is 11.2 Å². The van der Waals surface area contributed by atoms with Crippen LogP contribution >= 0.6 is 0 Å². The van der Waals surface area contributed by atoms with Gasteiger partial charge < -0.3 is 25.4 Å². The van der Waals surface area contributed by atoms with Crippen LogP contribution in [0.5, 0.6) is 0 Å². The van der Waals surface area contributed by atoms with E-state index in [2.05, 4.69) is 15.3 Å². The van der Waals surface area contributed by atoms with Crippen LogP contribution in [-0.4, -0.2) is 59.3 Å². The molecular weight excluding hydrogens is 318 g/mol. The number of ether oxygens (including phenoxy) is 1. The minimum Gasteiger partial charge on any atom is -0.394 e. The van der Waals surface area contributed by atoms with Crippen molar-refractivity contribution in [1.29, 1.82) is 0 Å². The first-order valence-electron chi connectivity index (χ1n) is 7.87. The van der Waals surface area contributed by atoms with Crippen molar-refractivity contribution in [2.75, 3.05) is 11.9 Å². The van der Waals surface area contributed by atoms with E-state index in [4.69, 9.17) is 4.74 Å². The van der Waals surface area contributed by atoms with Crippen molar-refractivity contribution in [1.82, 2.24) is 19.1 Å². The van der Waals surface area contributed by atoms with E-state index >= 15 is 0 Å². The molecule has 0 aromatic carbocycles. The molecule has 24 heavy (non-hydrogen) atoms. The molecule has 0 radical (unpaired) electrons. The molecule has 10 nitrogen and oxygen atoms in total. The lowest BCUT2D eigenvalue weighted by Crippen LogP contribution is -2.38. The Bertz CT molecular complexity index is 833. The summed E-state index contributed by atoms with van der Waals surface area (Å²) in [4.78, 5) is 21.2. The van der Waals surface area contributed by atoms with Crippen LogP contribution in [0, 0.1) is 0 Å². The second-order valence-corrected chi connectivity index (χ2v) is 6.31. The van der Waals surface area contributed by atoms with Crippen molar-refractivity contribution in [2.24, 2.45) is 0 Å². The Balaban J connectivity index is 1.82. The molecule has 2 aliphatic heterocycles. The summed E-state index contributed by atoms with van der Waals surface area (Å²) in [7, 11) is 0. The number of rotatable bonds is 2. The van der Waals surface area contributed by atoms with E-state index in [9.17, 15) is 20.1 Å². The monoisotopic (exact) mass is 337 g/mol. The maximum absolute atomic E-state index is 12.6. The Morgan fingerprint density at radius 3 is 2.92 bits per heavy atom. The highest BCUT2D eigenvalue weighted by Gasteiger charge is 2.36. The van der Waals surface area contributed by atoms with Gasteiger partial charge in [-0.3, -0.25) is 9.36 Å². The van der Waals surface area contributed by atoms with E-state index in [-0.39, 0.29) is 30.5 Å². The molecule has 130 valence electrons. The van der Waals surface area contributed by atoms with Crippen molar-refractivity contribution in [2.45, 2.75) is 50.5 Å². The molecule has 1 saturated heterocycles. The molecule has 0 amide bonds. The van der Waals surface area contributed by atoms with E-state index in [0.29, 0.717) is 12.1 Å². The lowest BCUT2D eigenvalue weighted by molar-refractivity contribution is -0.0432. The summed E-state index contributed by atoms with van der Waals surface area (Å²) < 4.78 is 8.37. The summed E-state index contributed by atoms with van der Waals surface area (Å²) >= 11 is 0. The van der Waals surface area contributed by atoms with Crippen LogP contribution in [0.3, 0.4) is 0 Å². The van der Waals surface area contributed by atoms with E-state index in [1.807, 2.05) is 6.92 Å². The molecule has 5 atom stereocenters. The first-order chi connectivity index (χ1) is 11.5. The van der Waals surface area contributed by atoms with Crippen LogP contribution in [0.2, 0.25) is 0 Å². The maximum atomic E-state index is 12.6. The van der Waals surface area contributed by atoms with Gasteiger partial charge in [-0.25, -0.2) is 9.55 Å². The van der Waals surface area contributed by atoms with Gasteiger partial charge in [-0.1, -0.05) is 0 Å². The van der Waals surface area contributed by atoms with Crippen LogP contribution in [0.25, 0.3) is 11.2 Å². The second-order valence-electron chi connectivity index (χ2n) is 6.31. The Morgan fingerprint density at radius 1 is 1.42 bits per heavy atom. The summed E-state index contributed by atoms with van der Waals surface area (Å²) in [5.41, 5.74) is 0.00781. The topological polar surface area (TPSA) is 135 Å². The lowest BCUT2D eigenvalue weighted by atomic mass is 10.2. The van der Waals surface area contributed by atoms with Crippen LogP contribution in [0.4, 0.5) is 5.95 Å². The van der Waals surface area contributed by atoms with Crippen molar-refractivity contribution in [3.63, 3.8) is 0 Å². The Hall–Kier alpha value is -2.01. The van der Waals surface area contributed by atoms with Gasteiger partial charge in [0.25, 0.3) is 5.56 Å². The van der Waals surface area contributed by atoms with Crippen molar-refractivity contribution in [3.8, 4) is 0 Å². The molecule has 4 heterocycles. The highest BCUT2D eigenvalue weighted by molar-refractivity contribution is 5.71. The zero-order valence-corrected chi connectivity index (χ0v) is 13.0. The van der Waals surface area contributed by atoms with Crippen LogP contribution in [0.15, 0.2) is 11.1 Å². The smallest absolute Gasteiger partial charge is 0.285 e. The predicted molar refractivity (Wildman–Crippen MR) is 82.4 cm³/mol. The highest BCUT2D eigenvalue weighted by Crippen LogP contribution is 2.31. The average molecular weight is 337 g/mol. The molecule has 10 heteroatoms. The van der Waals surface area contributed by atoms with Gasteiger partial charge in [0, 0.05) is 18.9 Å². The quantitative estimate of drug-likeness (QED) is 0.544. The number of nitrogens with one attached hydrogen (secondary N) is 1. The third-order valence-electron chi connectivity index (χ3n) is 4.56. The van der Waals surface area contributed by atoms with Crippen molar-refractivity contribution >= 4 is 17.1 Å². The van der Waals surface area contributed by atoms with Crippen molar-refractivity contribution in [3.05, 3.63) is 16.7 Å². The Kier molecular flexibility index (Phi) is 3.57. The Morgan fingerprint density at radius 2 is 2.21 bits per heavy atom. The first-order valence-corrected chi connectivity index (χ1v) is 7.87. The molecule has 0 bridgehead atoms. The number of anilines is 1. The number of nitrogens with zero attached hydrogens (tertiary/aromatic N) is 4. The molecular formula is C14H19N5O5. The van der Waals surface area contributed by atoms with Gasteiger partial charge in [-0.05, 0) is 6.92 Å². The van der Waals surface area contributed by atoms with Gasteiger partial charge in [-0.15, -0.1) is 0 Å². The number of hydrogen-bond donors (Lipinski definition) is 4. The molecule has 0 aliphatic carbocycles. The lowest BCUT2D eigenvalue weighted by Gasteiger charge is -2.28. The third kappa shape index (κ3) is 2.22. The fourth-order valence-electron chi connectivity index (χ4n) is 3.32. The minimum atomic E-state index is -0.950. The van der Waals surface area contributed by atoms with Crippen LogP contribution in [-0.2, 0) is 4.74 Å². The van der Waals surface area contributed by atoms with E-state index < -0.39 is 30.2 Å². The van der Waals surface area contributed by atoms with Crippen LogP contribution < -0.4 is 10.9 Å². The molecule has 1 fully saturated rings. The SMILES string of the molecule is C[C@H]1C[C@H](O)n2c(nc3c(ncn3C3C[C@H](O)[C@@H](CO)O3)c2=O)N1. The first kappa shape index (κ1) is 15.5. The molecule has 0 saturated carbocycles. The van der Waals surface area contributed by atoms with Gasteiger partial charge >= 0.3 is 0 Å². The predicted octanol–water partition coefficient (Wildman–Crippen LogP) is -1.07. The van der Waals surface area contributed by atoms with Crippen LogP contribution in [0.1, 0.15) is 32.2 Å². The molecule has 4 N–H and O–H groups in total. The van der Waals surface area contributed by atoms with Gasteiger partial charge in [-0.2, -0.15) is 4.98 Å². The van der Waals surface area contributed by atoms with Gasteiger partial charge in [0.05, 0.1) is 19.0 Å². The number of fused-ring (bicyclic) bond motifs is 2. The zero-order valence-electron chi connectivity index (χ0n) is 13.0. The molecule has 0 spiro atoms. The fraction of sp³-hybridized carbons (Fsp3) is 0.643. The molecule has 2 aliphatic rings. The maximum Gasteiger partial charge on any atom is 0.285 e. The number of aromatic nitrogens is 4. The van der Waals surface area contributed by atoms with E-state index in [1.165, 1.54) is 10.9 Å². The number of hydrogen-bond acceptors (Lipinski definition) is 8. The zero-order chi connectivity index (χ0) is 17.0. The average Bonchev–Trinajstić information content (AvgIpc) is 3.09. The molecule has 1 unspecified atom stereocenters. The third-order valence-corrected chi connectivity index (χ3v) is 4.56. The van der Waals surface area contributed by atoms with Crippen molar-refractivity contribution < 1.29 is 20.1 Å². The summed E-state index contributed by atoms with van der Waals surface area (Å²) in [6.45, 7) is 1.60. The van der Waals surface area contributed by atoms with Gasteiger partial charge in [0.2, 0.25) is 5.95 Å². The minimum absolute atomic E-state index is 0.0240. The fourth-order valence-corrected chi connectivity index (χ4v) is 3.32. The molecule has 2 aromatic heterocycles. The highest BCUT2D eigenvalue weighted by atomic mass is 16.5. The Labute approximate surface area is 136 Å². The number of aliphatic hydroxyl groups is 3. The molecule has 4 rings (SSSR count). The summed E-state index contributed by atoms with van der Waals surface area (Å²) in [6.07, 6.45) is -0.891. The van der Waals surface area contributed by atoms with E-state index in [0.717, 1.165) is 0 Å². The standard InChI is InChI=1S/C14H19N5O5/c1-6-2-9(22)19-13(23)11-12(17-14(19)16-6)18(5-15-11)10-3-7(21)8(4-20)24-10/h5-10,20-22H,2-4H2,1H3,(H,16,17)/t6-,7-,8+,9-,10?/m0/s1. The van der Waals surface area contributed by atoms with Gasteiger partial charge in [0.1, 0.15) is 18.6 Å². The second kappa shape index (κ2) is 5.52. The number of aliphatic hydroxyl groups excluding tert-OH is 3. The normalized spacial score (nSPS) is 32.8. The largest absolute Gasteiger partial charge is 0.394 e. The summed E-state index contributed by atoms with van der Waals surface area (Å²) in [5.74, 6) is 0.276. The van der Waals surface area contributed by atoms with E-state index in [1.54, 1.807) is 4.57 Å². The number of imidazole rings is 1. The summed E-state index contributed by atoms with van der Waals surface area (Å²) in [6, 6.07) is -0.0240. The summed E-state index contributed by atoms with van der Waals surface area (Å²) in [5, 5.41) is 32.3.